The Morgan fingerprint density at radius 2 is 1.60 bits per heavy atom. The summed E-state index contributed by atoms with van der Waals surface area (Å²) in [6.45, 7) is 4.16. The van der Waals surface area contributed by atoms with Crippen LogP contribution in [0.2, 0.25) is 0 Å². The van der Waals surface area contributed by atoms with Gasteiger partial charge in [0.25, 0.3) is 5.91 Å². The Kier molecular flexibility index (Phi) is 11.2. The topological polar surface area (TPSA) is 111 Å². The summed E-state index contributed by atoms with van der Waals surface area (Å²) in [6, 6.07) is 15.9. The maximum Gasteiger partial charge on any atom is 0.407 e. The fourth-order valence-corrected chi connectivity index (χ4v) is 10.9. The largest absolute Gasteiger partial charge is 0.453 e. The molecule has 296 valence electrons. The summed E-state index contributed by atoms with van der Waals surface area (Å²) in [5.41, 5.74) is -0.610. The first-order valence-corrected chi connectivity index (χ1v) is 20.7. The van der Waals surface area contributed by atoms with Crippen molar-refractivity contribution < 1.29 is 35.9 Å². The molecular weight excluding hydrogens is 732 g/mol. The number of amides is 2. The average molecular weight is 782 g/mol. The number of carbonyl (C=O) groups is 2. The fraction of sp³-hybridized carbons (Fsp3) is 0.512. The maximum absolute atomic E-state index is 16.3. The highest BCUT2D eigenvalue weighted by Gasteiger charge is 2.54. The zero-order valence-corrected chi connectivity index (χ0v) is 32.2. The van der Waals surface area contributed by atoms with E-state index in [0.29, 0.717) is 18.7 Å². The van der Waals surface area contributed by atoms with Gasteiger partial charge in [0, 0.05) is 37.2 Å². The van der Waals surface area contributed by atoms with Gasteiger partial charge in [0.15, 0.2) is 5.67 Å². The molecule has 4 aliphatic rings. The van der Waals surface area contributed by atoms with E-state index in [1.807, 2.05) is 6.07 Å². The molecule has 0 radical (unpaired) electrons. The van der Waals surface area contributed by atoms with Crippen molar-refractivity contribution in [3.05, 3.63) is 89.5 Å². The smallest absolute Gasteiger partial charge is 0.407 e. The number of piperidine rings is 1. The molecule has 3 aliphatic heterocycles. The highest BCUT2D eigenvalue weighted by Crippen LogP contribution is 2.52. The minimum Gasteiger partial charge on any atom is -0.453 e. The third kappa shape index (κ3) is 7.82. The zero-order valence-electron chi connectivity index (χ0n) is 31.4. The molecule has 3 saturated heterocycles. The Bertz CT molecular complexity index is 1980. The molecule has 3 heterocycles. The Labute approximate surface area is 321 Å². The van der Waals surface area contributed by atoms with Gasteiger partial charge in [0.05, 0.1) is 35.7 Å². The van der Waals surface area contributed by atoms with E-state index < -0.39 is 32.8 Å². The van der Waals surface area contributed by atoms with E-state index in [0.717, 1.165) is 69.8 Å². The van der Waals surface area contributed by atoms with E-state index in [9.17, 15) is 22.4 Å². The molecule has 2 N–H and O–H groups in total. The van der Waals surface area contributed by atoms with Gasteiger partial charge in [0.2, 0.25) is 9.84 Å². The van der Waals surface area contributed by atoms with Gasteiger partial charge in [-0.1, -0.05) is 18.6 Å². The van der Waals surface area contributed by atoms with Crippen LogP contribution in [0.15, 0.2) is 76.5 Å². The Morgan fingerprint density at radius 3 is 2.22 bits per heavy atom. The number of carbonyl (C=O) groups excluding carboxylic acids is 2. The molecule has 0 bridgehead atoms. The SMILES string of the molecule is CNC(=O)c1ccc(S(=O)(=O)c2ccc(N3CC(F)(CN4CCC([C@@](CN5CCC5)(c5cccc(F)c5)[C@H]5CCC[C@@H]5NC(=O)OC)CC4)C3)c(F)c2)cc1. The monoisotopic (exact) mass is 781 g/mol. The Balaban J connectivity index is 1.03. The fourth-order valence-electron chi connectivity index (χ4n) is 9.63. The second kappa shape index (κ2) is 15.8. The minimum absolute atomic E-state index is 0.0258. The summed E-state index contributed by atoms with van der Waals surface area (Å²) in [4.78, 5) is 30.2. The van der Waals surface area contributed by atoms with Gasteiger partial charge in [-0.25, -0.2) is 26.4 Å². The van der Waals surface area contributed by atoms with Crippen molar-refractivity contribution in [3.63, 3.8) is 0 Å². The van der Waals surface area contributed by atoms with Crippen LogP contribution in [0, 0.1) is 23.5 Å². The average Bonchev–Trinajstić information content (AvgIpc) is 3.62. The number of ether oxygens (including phenoxy) is 1. The number of sulfone groups is 1. The summed E-state index contributed by atoms with van der Waals surface area (Å²) < 4.78 is 78.1. The van der Waals surface area contributed by atoms with E-state index in [1.165, 1.54) is 56.6 Å². The molecule has 55 heavy (non-hydrogen) atoms. The first-order valence-electron chi connectivity index (χ1n) is 19.2. The van der Waals surface area contributed by atoms with E-state index in [1.54, 1.807) is 17.0 Å². The Morgan fingerprint density at radius 1 is 0.891 bits per heavy atom. The van der Waals surface area contributed by atoms with Gasteiger partial charge in [0.1, 0.15) is 11.6 Å². The van der Waals surface area contributed by atoms with Gasteiger partial charge in [-0.15, -0.1) is 0 Å². The van der Waals surface area contributed by atoms with Gasteiger partial charge < -0.3 is 25.2 Å². The summed E-state index contributed by atoms with van der Waals surface area (Å²) in [5, 5.41) is 5.59. The number of methoxy groups -OCH3 is 1. The highest BCUT2D eigenvalue weighted by molar-refractivity contribution is 7.91. The van der Waals surface area contributed by atoms with Gasteiger partial charge >= 0.3 is 6.09 Å². The lowest BCUT2D eigenvalue weighted by Crippen LogP contribution is -2.65. The first kappa shape index (κ1) is 39.1. The highest BCUT2D eigenvalue weighted by atomic mass is 32.2. The van der Waals surface area contributed by atoms with Crippen LogP contribution in [0.1, 0.15) is 54.4 Å². The number of rotatable bonds is 12. The number of likely N-dealkylation sites (tertiary alicyclic amines) is 2. The summed E-state index contributed by atoms with van der Waals surface area (Å²) >= 11 is 0. The molecular formula is C41H50F3N5O5S. The predicted octanol–water partition coefficient (Wildman–Crippen LogP) is 5.57. The number of anilines is 1. The molecule has 14 heteroatoms. The number of nitrogens with one attached hydrogen (secondary N) is 2. The van der Waals surface area contributed by atoms with E-state index in [-0.39, 0.29) is 64.7 Å². The number of benzene rings is 3. The van der Waals surface area contributed by atoms with Crippen molar-refractivity contribution in [2.45, 2.75) is 65.4 Å². The van der Waals surface area contributed by atoms with Crippen molar-refractivity contribution in [1.82, 2.24) is 20.4 Å². The van der Waals surface area contributed by atoms with Gasteiger partial charge in [-0.2, -0.15) is 0 Å². The number of alkyl carbamates (subject to hydrolysis) is 1. The first-order chi connectivity index (χ1) is 26.3. The second-order valence-electron chi connectivity index (χ2n) is 15.7. The predicted molar refractivity (Wildman–Crippen MR) is 203 cm³/mol. The van der Waals surface area contributed by atoms with Crippen LogP contribution >= 0.6 is 0 Å². The molecule has 0 spiro atoms. The lowest BCUT2D eigenvalue weighted by Gasteiger charge is -2.54. The summed E-state index contributed by atoms with van der Waals surface area (Å²) in [7, 11) is -1.21. The number of nitrogens with zero attached hydrogens (tertiary/aromatic N) is 3. The number of halogens is 3. The van der Waals surface area contributed by atoms with Crippen LogP contribution in [-0.4, -0.2) is 108 Å². The molecule has 1 aliphatic carbocycles. The molecule has 3 aromatic rings. The van der Waals surface area contributed by atoms with Crippen LogP contribution < -0.4 is 15.5 Å². The van der Waals surface area contributed by atoms with E-state index in [2.05, 4.69) is 20.4 Å². The molecule has 0 aromatic heterocycles. The van der Waals surface area contributed by atoms with Crippen LogP contribution in [0.3, 0.4) is 0 Å². The Hall–Kier alpha value is -4.14. The zero-order chi connectivity index (χ0) is 39.0. The minimum atomic E-state index is -4.06. The molecule has 1 saturated carbocycles. The van der Waals surface area contributed by atoms with Crippen molar-refractivity contribution in [3.8, 4) is 0 Å². The number of hydrogen-bond donors (Lipinski definition) is 2. The quantitative estimate of drug-likeness (QED) is 0.246. The van der Waals surface area contributed by atoms with Crippen LogP contribution in [0.4, 0.5) is 23.7 Å². The van der Waals surface area contributed by atoms with Crippen molar-refractivity contribution >= 4 is 27.5 Å². The standard InChI is InChI=1S/C41H50F3N5O5S/c1-45-38(50)28-10-12-32(13-11-28)55(52,53)33-14-15-37(35(43)23-33)49-25-40(44,26-49)24-48-20-16-29(17-21-48)41(27-47-18-5-19-47,30-6-3-7-31(42)22-30)34-8-4-9-36(34)46-39(51)54-2/h3,6-7,10-15,22-23,29,34,36H,4-5,8-9,16-21,24-27H2,1-2H3,(H,45,50)(H,46,51)/t34-,36-,41-/m0/s1. The van der Waals surface area contributed by atoms with Gasteiger partial charge in [-0.05, 0) is 130 Å². The lowest BCUT2D eigenvalue weighted by molar-refractivity contribution is 0.00575. The van der Waals surface area contributed by atoms with Gasteiger partial charge in [-0.3, -0.25) is 9.69 Å². The van der Waals surface area contributed by atoms with Crippen LogP contribution in [-0.2, 0) is 20.0 Å². The molecule has 2 amide bonds. The van der Waals surface area contributed by atoms with Crippen LogP contribution in [0.25, 0.3) is 0 Å². The van der Waals surface area contributed by atoms with E-state index in [4.69, 9.17) is 4.74 Å². The molecule has 3 aromatic carbocycles. The molecule has 4 fully saturated rings. The second-order valence-corrected chi connectivity index (χ2v) is 17.7. The summed E-state index contributed by atoms with van der Waals surface area (Å²) in [6.07, 6.45) is 4.89. The van der Waals surface area contributed by atoms with Crippen molar-refractivity contribution in [2.75, 3.05) is 71.4 Å². The number of alkyl halides is 1. The normalized spacial score (nSPS) is 23.0. The van der Waals surface area contributed by atoms with Crippen LogP contribution in [0.5, 0.6) is 0 Å². The molecule has 10 nitrogen and oxygen atoms in total. The molecule has 7 rings (SSSR count). The third-order valence-corrected chi connectivity index (χ3v) is 14.2. The number of hydrogen-bond acceptors (Lipinski definition) is 8. The summed E-state index contributed by atoms with van der Waals surface area (Å²) in [5.74, 6) is -1.15. The molecule has 3 atom stereocenters. The maximum atomic E-state index is 16.3. The third-order valence-electron chi connectivity index (χ3n) is 12.5. The van der Waals surface area contributed by atoms with Crippen molar-refractivity contribution in [2.24, 2.45) is 11.8 Å². The lowest BCUT2D eigenvalue weighted by atomic mass is 9.57. The van der Waals surface area contributed by atoms with Crippen molar-refractivity contribution in [1.29, 1.82) is 0 Å². The van der Waals surface area contributed by atoms with E-state index >= 15 is 8.78 Å². The molecule has 0 unspecified atom stereocenters.